The number of hydrogen-bond acceptors (Lipinski definition) is 3. The van der Waals surface area contributed by atoms with E-state index in [1.165, 1.54) is 0 Å². The number of aromatic hydroxyl groups is 1. The molecule has 1 aliphatic rings. The van der Waals surface area contributed by atoms with Gasteiger partial charge in [0.25, 0.3) is 0 Å². The van der Waals surface area contributed by atoms with Crippen LogP contribution in [-0.4, -0.2) is 13.5 Å². The van der Waals surface area contributed by atoms with Crippen molar-refractivity contribution in [3.8, 4) is 5.75 Å². The molecule has 0 aromatic heterocycles. The summed E-state index contributed by atoms with van der Waals surface area (Å²) in [6.07, 6.45) is 2.67. The first-order valence-electron chi connectivity index (χ1n) is 4.83. The van der Waals surface area contributed by atoms with Crippen molar-refractivity contribution in [2.75, 3.05) is 0 Å². The quantitative estimate of drug-likeness (QED) is 0.848. The van der Waals surface area contributed by atoms with Crippen molar-refractivity contribution in [2.24, 2.45) is 0 Å². The minimum atomic E-state index is -3.68. The molecule has 88 valence electrons. The summed E-state index contributed by atoms with van der Waals surface area (Å²) in [6, 6.07) is 1.68. The van der Waals surface area contributed by atoms with E-state index in [4.69, 9.17) is 22.3 Å². The maximum Gasteiger partial charge on any atom is 0.236 e. The summed E-state index contributed by atoms with van der Waals surface area (Å²) in [4.78, 5) is 0. The van der Waals surface area contributed by atoms with E-state index in [-0.39, 0.29) is 16.3 Å². The number of rotatable bonds is 2. The highest BCUT2D eigenvalue weighted by atomic mass is 35.7. The molecule has 1 aromatic rings. The number of aryl methyl sites for hydroxylation is 1. The molecule has 0 spiro atoms. The molecular formula is C10H10Cl2O3S. The summed E-state index contributed by atoms with van der Waals surface area (Å²) in [6.45, 7) is 0. The van der Waals surface area contributed by atoms with Crippen LogP contribution in [0.3, 0.4) is 0 Å². The molecule has 16 heavy (non-hydrogen) atoms. The van der Waals surface area contributed by atoms with Gasteiger partial charge in [0.15, 0.2) is 0 Å². The lowest BCUT2D eigenvalue weighted by atomic mass is 10.1. The second kappa shape index (κ2) is 4.09. The summed E-state index contributed by atoms with van der Waals surface area (Å²) < 4.78 is 22.0. The predicted octanol–water partition coefficient (Wildman–Crippen LogP) is 2.60. The molecule has 0 amide bonds. The van der Waals surface area contributed by atoms with Gasteiger partial charge in [0.1, 0.15) is 5.75 Å². The highest BCUT2D eigenvalue weighted by Crippen LogP contribution is 2.38. The Hall–Kier alpha value is -0.450. The average molecular weight is 281 g/mol. The lowest BCUT2D eigenvalue weighted by Gasteiger charge is -2.09. The molecule has 1 aliphatic carbocycles. The number of phenolic OH excluding ortho intramolecular Hbond substituents is 1. The summed E-state index contributed by atoms with van der Waals surface area (Å²) in [5, 5.41) is 10.0. The third kappa shape index (κ3) is 2.29. The first-order valence-corrected chi connectivity index (χ1v) is 7.68. The van der Waals surface area contributed by atoms with Gasteiger partial charge in [0, 0.05) is 16.2 Å². The van der Waals surface area contributed by atoms with Gasteiger partial charge in [0.2, 0.25) is 9.05 Å². The van der Waals surface area contributed by atoms with Crippen LogP contribution in [-0.2, 0) is 27.6 Å². The first kappa shape index (κ1) is 12.0. The summed E-state index contributed by atoms with van der Waals surface area (Å²) in [5.41, 5.74) is 2.22. The highest BCUT2D eigenvalue weighted by molar-refractivity contribution is 8.13. The third-order valence-corrected chi connectivity index (χ3v) is 4.10. The van der Waals surface area contributed by atoms with E-state index in [9.17, 15) is 13.5 Å². The van der Waals surface area contributed by atoms with Crippen LogP contribution in [0.5, 0.6) is 5.75 Å². The molecule has 3 nitrogen and oxygen atoms in total. The number of fused-ring (bicyclic) bond motifs is 1. The highest BCUT2D eigenvalue weighted by Gasteiger charge is 2.22. The fraction of sp³-hybridized carbons (Fsp3) is 0.400. The Labute approximate surface area is 103 Å². The topological polar surface area (TPSA) is 54.4 Å². The Bertz CT molecular complexity index is 537. The Balaban J connectivity index is 2.52. The molecule has 0 saturated carbocycles. The maximum absolute atomic E-state index is 11.0. The Morgan fingerprint density at radius 3 is 2.69 bits per heavy atom. The molecule has 0 atom stereocenters. The summed E-state index contributed by atoms with van der Waals surface area (Å²) in [7, 11) is 1.48. The van der Waals surface area contributed by atoms with Crippen molar-refractivity contribution < 1.29 is 13.5 Å². The lowest BCUT2D eigenvalue weighted by molar-refractivity contribution is 0.469. The van der Waals surface area contributed by atoms with Crippen molar-refractivity contribution in [3.63, 3.8) is 0 Å². The zero-order valence-electron chi connectivity index (χ0n) is 8.33. The molecular weight excluding hydrogens is 271 g/mol. The number of halogens is 2. The van der Waals surface area contributed by atoms with Gasteiger partial charge < -0.3 is 5.11 Å². The number of phenols is 1. The van der Waals surface area contributed by atoms with E-state index in [0.29, 0.717) is 0 Å². The number of hydrogen-bond donors (Lipinski definition) is 1. The van der Waals surface area contributed by atoms with Crippen LogP contribution in [0.15, 0.2) is 6.07 Å². The van der Waals surface area contributed by atoms with Crippen LogP contribution in [0.2, 0.25) is 5.02 Å². The lowest BCUT2D eigenvalue weighted by Crippen LogP contribution is -1.98. The Kier molecular flexibility index (Phi) is 3.07. The van der Waals surface area contributed by atoms with Crippen molar-refractivity contribution in [3.05, 3.63) is 27.8 Å². The van der Waals surface area contributed by atoms with Crippen LogP contribution in [0.1, 0.15) is 23.1 Å². The molecule has 0 saturated heterocycles. The molecule has 1 aromatic carbocycles. The fourth-order valence-electron chi connectivity index (χ4n) is 2.04. The van der Waals surface area contributed by atoms with Gasteiger partial charge in [-0.1, -0.05) is 17.7 Å². The molecule has 0 aliphatic heterocycles. The maximum atomic E-state index is 11.0. The van der Waals surface area contributed by atoms with Crippen LogP contribution in [0.4, 0.5) is 0 Å². The molecule has 0 bridgehead atoms. The number of benzene rings is 1. The third-order valence-electron chi connectivity index (χ3n) is 2.71. The molecule has 1 N–H and O–H groups in total. The van der Waals surface area contributed by atoms with Gasteiger partial charge >= 0.3 is 0 Å². The van der Waals surface area contributed by atoms with E-state index in [1.54, 1.807) is 6.07 Å². The molecule has 0 heterocycles. The SMILES string of the molecule is O=S(=O)(Cl)Cc1cc2c(c(Cl)c1O)CCC2. The largest absolute Gasteiger partial charge is 0.506 e. The molecule has 2 rings (SSSR count). The minimum absolute atomic E-state index is 0.161. The van der Waals surface area contributed by atoms with Crippen molar-refractivity contribution >= 4 is 31.3 Å². The van der Waals surface area contributed by atoms with Gasteiger partial charge in [0.05, 0.1) is 10.8 Å². The van der Waals surface area contributed by atoms with Crippen LogP contribution in [0.25, 0.3) is 0 Å². The second-order valence-electron chi connectivity index (χ2n) is 3.87. The van der Waals surface area contributed by atoms with Crippen LogP contribution in [0, 0.1) is 0 Å². The van der Waals surface area contributed by atoms with Crippen molar-refractivity contribution in [2.45, 2.75) is 25.0 Å². The van der Waals surface area contributed by atoms with Crippen LogP contribution < -0.4 is 0 Å². The molecule has 0 unspecified atom stereocenters. The van der Waals surface area contributed by atoms with Gasteiger partial charge in [-0.05, 0) is 30.4 Å². The molecule has 6 heteroatoms. The van der Waals surface area contributed by atoms with E-state index in [2.05, 4.69) is 0 Å². The van der Waals surface area contributed by atoms with E-state index < -0.39 is 14.8 Å². The van der Waals surface area contributed by atoms with Crippen molar-refractivity contribution in [1.29, 1.82) is 0 Å². The van der Waals surface area contributed by atoms with Crippen LogP contribution >= 0.6 is 22.3 Å². The fourth-order valence-corrected chi connectivity index (χ4v) is 3.32. The standard InChI is InChI=1S/C10H10Cl2O3S/c11-9-8-3-1-2-6(8)4-7(10(9)13)5-16(12,14)15/h4,13H,1-3,5H2. The minimum Gasteiger partial charge on any atom is -0.506 e. The Morgan fingerprint density at radius 2 is 2.06 bits per heavy atom. The normalized spacial score (nSPS) is 15.1. The van der Waals surface area contributed by atoms with Gasteiger partial charge in [-0.15, -0.1) is 0 Å². The zero-order chi connectivity index (χ0) is 11.9. The monoisotopic (exact) mass is 280 g/mol. The Morgan fingerprint density at radius 1 is 1.38 bits per heavy atom. The first-order chi connectivity index (χ1) is 7.38. The van der Waals surface area contributed by atoms with Gasteiger partial charge in [-0.25, -0.2) is 8.42 Å². The van der Waals surface area contributed by atoms with Gasteiger partial charge in [-0.2, -0.15) is 0 Å². The van der Waals surface area contributed by atoms with Gasteiger partial charge in [-0.3, -0.25) is 0 Å². The predicted molar refractivity (Wildman–Crippen MR) is 63.6 cm³/mol. The summed E-state index contributed by atoms with van der Waals surface area (Å²) >= 11 is 5.98. The second-order valence-corrected chi connectivity index (χ2v) is 7.03. The van der Waals surface area contributed by atoms with E-state index in [1.807, 2.05) is 0 Å². The van der Waals surface area contributed by atoms with E-state index >= 15 is 0 Å². The average Bonchev–Trinajstić information content (AvgIpc) is 2.59. The molecule has 0 radical (unpaired) electrons. The molecule has 0 fully saturated rings. The van der Waals surface area contributed by atoms with E-state index in [0.717, 1.165) is 30.4 Å². The smallest absolute Gasteiger partial charge is 0.236 e. The van der Waals surface area contributed by atoms with Crippen molar-refractivity contribution in [1.82, 2.24) is 0 Å². The zero-order valence-corrected chi connectivity index (χ0v) is 10.7. The summed E-state index contributed by atoms with van der Waals surface area (Å²) in [5.74, 6) is -0.556.